The maximum Gasteiger partial charge on any atom is 0.324 e. The van der Waals surface area contributed by atoms with E-state index < -0.39 is 40.8 Å². The molecular weight excluding hydrogens is 532 g/mol. The summed E-state index contributed by atoms with van der Waals surface area (Å²) in [5.74, 6) is -1.24. The first-order valence-electron chi connectivity index (χ1n) is 14.6. The van der Waals surface area contributed by atoms with Crippen LogP contribution in [0.1, 0.15) is 73.4 Å². The number of carbonyl (C=O) groups is 3. The molecule has 0 saturated heterocycles. The third-order valence-electron chi connectivity index (χ3n) is 5.91. The van der Waals surface area contributed by atoms with Gasteiger partial charge in [-0.2, -0.15) is 0 Å². The van der Waals surface area contributed by atoms with Crippen LogP contribution in [-0.2, 0) is 41.4 Å². The molecule has 1 N–H and O–H groups in total. The van der Waals surface area contributed by atoms with Gasteiger partial charge in [-0.3, -0.25) is 19.3 Å². The van der Waals surface area contributed by atoms with E-state index in [4.69, 9.17) is 14.2 Å². The second kappa shape index (κ2) is 15.3. The SMILES string of the molecule is CC(C)(C)OC(=O)CN(CCNC(Cc1ccccc1)C(=O)OC(C)(C)C)[C@@H](Cc1ccccc1)C(=O)OC(C)(C)C. The fourth-order valence-electron chi connectivity index (χ4n) is 4.30. The minimum atomic E-state index is -0.755. The van der Waals surface area contributed by atoms with Crippen molar-refractivity contribution in [1.82, 2.24) is 10.2 Å². The van der Waals surface area contributed by atoms with Gasteiger partial charge >= 0.3 is 17.9 Å². The summed E-state index contributed by atoms with van der Waals surface area (Å²) in [4.78, 5) is 41.5. The Labute approximate surface area is 252 Å². The Bertz CT molecular complexity index is 1130. The van der Waals surface area contributed by atoms with Gasteiger partial charge in [0.05, 0.1) is 6.54 Å². The molecule has 0 aliphatic carbocycles. The second-order valence-electron chi connectivity index (χ2n) is 13.5. The predicted molar refractivity (Wildman–Crippen MR) is 165 cm³/mol. The highest BCUT2D eigenvalue weighted by Gasteiger charge is 2.33. The van der Waals surface area contributed by atoms with Crippen LogP contribution in [0.5, 0.6) is 0 Å². The van der Waals surface area contributed by atoms with Crippen LogP contribution in [-0.4, -0.2) is 71.3 Å². The van der Waals surface area contributed by atoms with Crippen molar-refractivity contribution in [1.29, 1.82) is 0 Å². The molecule has 2 atom stereocenters. The van der Waals surface area contributed by atoms with E-state index in [0.717, 1.165) is 11.1 Å². The van der Waals surface area contributed by atoms with Crippen LogP contribution < -0.4 is 5.32 Å². The molecule has 0 aliphatic heterocycles. The number of nitrogens with zero attached hydrogens (tertiary/aromatic N) is 1. The van der Waals surface area contributed by atoms with Crippen LogP contribution >= 0.6 is 0 Å². The van der Waals surface area contributed by atoms with Gasteiger partial charge in [0, 0.05) is 13.1 Å². The Kier molecular flexibility index (Phi) is 12.7. The Morgan fingerprint density at radius 2 is 1.12 bits per heavy atom. The van der Waals surface area contributed by atoms with Crippen molar-refractivity contribution in [2.24, 2.45) is 0 Å². The lowest BCUT2D eigenvalue weighted by molar-refractivity contribution is -0.165. The Morgan fingerprint density at radius 1 is 0.667 bits per heavy atom. The molecule has 0 heterocycles. The van der Waals surface area contributed by atoms with Crippen molar-refractivity contribution < 1.29 is 28.6 Å². The molecule has 0 radical (unpaired) electrons. The van der Waals surface area contributed by atoms with E-state index in [1.807, 2.05) is 102 Å². The number of hydrogen-bond acceptors (Lipinski definition) is 8. The summed E-state index contributed by atoms with van der Waals surface area (Å²) in [6.45, 7) is 16.9. The van der Waals surface area contributed by atoms with Gasteiger partial charge < -0.3 is 19.5 Å². The highest BCUT2D eigenvalue weighted by Crippen LogP contribution is 2.17. The van der Waals surface area contributed by atoms with Crippen LogP contribution in [0.25, 0.3) is 0 Å². The minimum Gasteiger partial charge on any atom is -0.459 e. The zero-order chi connectivity index (χ0) is 31.6. The van der Waals surface area contributed by atoms with E-state index in [0.29, 0.717) is 19.4 Å². The number of esters is 3. The average Bonchev–Trinajstić information content (AvgIpc) is 2.84. The van der Waals surface area contributed by atoms with Gasteiger partial charge in [0.2, 0.25) is 0 Å². The number of benzene rings is 2. The molecule has 42 heavy (non-hydrogen) atoms. The molecule has 0 bridgehead atoms. The number of rotatable bonds is 13. The molecule has 1 unspecified atom stereocenters. The first kappa shape index (κ1) is 35.0. The molecule has 0 aliphatic rings. The Hall–Kier alpha value is -3.23. The normalized spacial score (nSPS) is 13.8. The standard InChI is InChI=1S/C34H50N2O6/c1-32(2,3)40-29(37)24-36(28(31(39)42-34(7,8)9)23-26-18-14-11-15-19-26)21-20-35-27(30(38)41-33(4,5)6)22-25-16-12-10-13-17-25/h10-19,27-28,35H,20-24H2,1-9H3/t27?,28-/m0/s1. The fraction of sp³-hybridized carbons (Fsp3) is 0.559. The van der Waals surface area contributed by atoms with Gasteiger partial charge in [0.15, 0.2) is 0 Å². The molecule has 0 amide bonds. The highest BCUT2D eigenvalue weighted by molar-refractivity contribution is 5.79. The van der Waals surface area contributed by atoms with Crippen LogP contribution in [0.4, 0.5) is 0 Å². The van der Waals surface area contributed by atoms with Gasteiger partial charge in [-0.1, -0.05) is 60.7 Å². The van der Waals surface area contributed by atoms with Crippen molar-refractivity contribution in [2.45, 2.75) is 104 Å². The lowest BCUT2D eigenvalue weighted by atomic mass is 10.0. The maximum atomic E-state index is 13.6. The van der Waals surface area contributed by atoms with Gasteiger partial charge in [0.1, 0.15) is 28.9 Å². The zero-order valence-electron chi connectivity index (χ0n) is 26.9. The topological polar surface area (TPSA) is 94.2 Å². The van der Waals surface area contributed by atoms with Crippen LogP contribution in [0.2, 0.25) is 0 Å². The molecule has 2 aromatic carbocycles. The van der Waals surface area contributed by atoms with E-state index in [-0.39, 0.29) is 19.1 Å². The molecule has 0 fully saturated rings. The van der Waals surface area contributed by atoms with Crippen molar-refractivity contribution in [3.05, 3.63) is 71.8 Å². The smallest absolute Gasteiger partial charge is 0.324 e. The summed E-state index contributed by atoms with van der Waals surface area (Å²) >= 11 is 0. The summed E-state index contributed by atoms with van der Waals surface area (Å²) < 4.78 is 17.1. The molecule has 0 aromatic heterocycles. The first-order chi connectivity index (χ1) is 19.4. The van der Waals surface area contributed by atoms with Crippen LogP contribution in [0.15, 0.2) is 60.7 Å². The Balaban J connectivity index is 2.33. The summed E-state index contributed by atoms with van der Waals surface area (Å²) in [7, 11) is 0. The van der Waals surface area contributed by atoms with Gasteiger partial charge in [-0.25, -0.2) is 0 Å². The number of nitrogens with one attached hydrogen (secondary N) is 1. The van der Waals surface area contributed by atoms with Crippen molar-refractivity contribution in [2.75, 3.05) is 19.6 Å². The number of hydrogen-bond donors (Lipinski definition) is 1. The largest absolute Gasteiger partial charge is 0.459 e. The first-order valence-corrected chi connectivity index (χ1v) is 14.6. The molecule has 8 heteroatoms. The summed E-state index contributed by atoms with van der Waals surface area (Å²) in [6.07, 6.45) is 0.777. The third-order valence-corrected chi connectivity index (χ3v) is 5.91. The van der Waals surface area contributed by atoms with Crippen LogP contribution in [0.3, 0.4) is 0 Å². The lowest BCUT2D eigenvalue weighted by Crippen LogP contribution is -2.52. The summed E-state index contributed by atoms with van der Waals surface area (Å²) in [5, 5.41) is 3.33. The lowest BCUT2D eigenvalue weighted by Gasteiger charge is -2.33. The minimum absolute atomic E-state index is 0.120. The van der Waals surface area contributed by atoms with Gasteiger partial charge in [-0.05, 0) is 86.3 Å². The van der Waals surface area contributed by atoms with E-state index in [1.165, 1.54) is 0 Å². The van der Waals surface area contributed by atoms with E-state index in [2.05, 4.69) is 5.32 Å². The van der Waals surface area contributed by atoms with E-state index in [1.54, 1.807) is 25.7 Å². The molecule has 2 rings (SSSR count). The number of carbonyl (C=O) groups excluding carboxylic acids is 3. The van der Waals surface area contributed by atoms with Gasteiger partial charge in [-0.15, -0.1) is 0 Å². The van der Waals surface area contributed by atoms with Gasteiger partial charge in [0.25, 0.3) is 0 Å². The van der Waals surface area contributed by atoms with Crippen molar-refractivity contribution >= 4 is 17.9 Å². The van der Waals surface area contributed by atoms with E-state index in [9.17, 15) is 14.4 Å². The molecule has 2 aromatic rings. The highest BCUT2D eigenvalue weighted by atomic mass is 16.6. The number of ether oxygens (including phenoxy) is 3. The quantitative estimate of drug-likeness (QED) is 0.257. The summed E-state index contributed by atoms with van der Waals surface area (Å²) in [6, 6.07) is 18.0. The third kappa shape index (κ3) is 14.1. The predicted octanol–water partition coefficient (Wildman–Crippen LogP) is 5.13. The molecule has 232 valence electrons. The Morgan fingerprint density at radius 3 is 1.60 bits per heavy atom. The molecule has 0 saturated carbocycles. The summed E-state index contributed by atoms with van der Waals surface area (Å²) in [5.41, 5.74) is -0.111. The monoisotopic (exact) mass is 582 g/mol. The van der Waals surface area contributed by atoms with Crippen LogP contribution in [0, 0.1) is 0 Å². The van der Waals surface area contributed by atoms with Crippen molar-refractivity contribution in [3.63, 3.8) is 0 Å². The molecule has 0 spiro atoms. The molecule has 8 nitrogen and oxygen atoms in total. The van der Waals surface area contributed by atoms with Crippen molar-refractivity contribution in [3.8, 4) is 0 Å². The maximum absolute atomic E-state index is 13.6. The zero-order valence-corrected chi connectivity index (χ0v) is 26.9. The molecular formula is C34H50N2O6. The second-order valence-corrected chi connectivity index (χ2v) is 13.5. The van der Waals surface area contributed by atoms with E-state index >= 15 is 0 Å². The average molecular weight is 583 g/mol. The fourth-order valence-corrected chi connectivity index (χ4v) is 4.30.